The third kappa shape index (κ3) is 7.77. The summed E-state index contributed by atoms with van der Waals surface area (Å²) < 4.78 is 0. The number of nitrogens with two attached hydrogens (primary N) is 2. The Hall–Kier alpha value is -2.69. The van der Waals surface area contributed by atoms with Gasteiger partial charge in [-0.3, -0.25) is 19.2 Å². The van der Waals surface area contributed by atoms with E-state index < -0.39 is 60.2 Å². The number of carboxylic acid groups (broad SMARTS) is 1. The van der Waals surface area contributed by atoms with E-state index >= 15 is 0 Å². The third-order valence-electron chi connectivity index (χ3n) is 5.74. The van der Waals surface area contributed by atoms with Gasteiger partial charge in [-0.25, -0.2) is 4.79 Å². The maximum Gasteiger partial charge on any atom is 0.326 e. The summed E-state index contributed by atoms with van der Waals surface area (Å²) >= 11 is 0. The van der Waals surface area contributed by atoms with Crippen LogP contribution in [-0.2, 0) is 24.0 Å². The first-order chi connectivity index (χ1) is 14.9. The number of nitrogens with zero attached hydrogens (tertiary/aromatic N) is 1. The first-order valence-electron chi connectivity index (χ1n) is 11.1. The van der Waals surface area contributed by atoms with Gasteiger partial charge in [-0.1, -0.05) is 34.1 Å². The number of carbonyl (C=O) groups excluding carboxylic acids is 4. The summed E-state index contributed by atoms with van der Waals surface area (Å²) in [6.45, 7) is 7.60. The van der Waals surface area contributed by atoms with Gasteiger partial charge < -0.3 is 32.1 Å². The number of amides is 4. The number of nitrogens with one attached hydrogen (secondary N) is 2. The first-order valence-corrected chi connectivity index (χ1v) is 11.1. The number of carbonyl (C=O) groups is 5. The highest BCUT2D eigenvalue weighted by Gasteiger charge is 2.39. The molecule has 1 fully saturated rings. The van der Waals surface area contributed by atoms with Crippen LogP contribution < -0.4 is 22.1 Å². The zero-order valence-corrected chi connectivity index (χ0v) is 19.3. The van der Waals surface area contributed by atoms with Crippen molar-refractivity contribution in [1.82, 2.24) is 15.5 Å². The van der Waals surface area contributed by atoms with Gasteiger partial charge in [0.15, 0.2) is 0 Å². The standard InChI is InChI=1S/C21H37N5O6/c1-5-12(4)17(23)19(29)24-13(10-16(22)27)20(30)26-8-6-7-15(26)18(28)25-14(21(31)32)9-11(2)3/h11-15,17H,5-10,23H2,1-4H3,(H2,22,27)(H,24,29)(H,25,28)(H,31,32). The monoisotopic (exact) mass is 455 g/mol. The Labute approximate surface area is 188 Å². The van der Waals surface area contributed by atoms with Crippen LogP contribution in [0, 0.1) is 11.8 Å². The van der Waals surface area contributed by atoms with Crippen LogP contribution in [0.5, 0.6) is 0 Å². The number of carboxylic acids is 1. The molecule has 0 radical (unpaired) electrons. The van der Waals surface area contributed by atoms with Crippen LogP contribution in [-0.4, -0.2) is 70.3 Å². The van der Waals surface area contributed by atoms with Gasteiger partial charge >= 0.3 is 5.97 Å². The van der Waals surface area contributed by atoms with Crippen molar-refractivity contribution in [3.05, 3.63) is 0 Å². The topological polar surface area (TPSA) is 185 Å². The van der Waals surface area contributed by atoms with Gasteiger partial charge in [0.1, 0.15) is 18.1 Å². The van der Waals surface area contributed by atoms with E-state index in [9.17, 15) is 29.1 Å². The average Bonchev–Trinajstić information content (AvgIpc) is 3.20. The van der Waals surface area contributed by atoms with E-state index in [4.69, 9.17) is 11.5 Å². The fraction of sp³-hybridized carbons (Fsp3) is 0.762. The molecule has 182 valence electrons. The molecule has 1 heterocycles. The Kier molecular flexibility index (Phi) is 10.6. The molecule has 7 N–H and O–H groups in total. The summed E-state index contributed by atoms with van der Waals surface area (Å²) in [6, 6.07) is -4.09. The van der Waals surface area contributed by atoms with E-state index in [1.54, 1.807) is 6.92 Å². The molecule has 11 nitrogen and oxygen atoms in total. The van der Waals surface area contributed by atoms with E-state index in [0.29, 0.717) is 19.3 Å². The van der Waals surface area contributed by atoms with Crippen LogP contribution >= 0.6 is 0 Å². The minimum absolute atomic E-state index is 0.0441. The highest BCUT2D eigenvalue weighted by Crippen LogP contribution is 2.20. The highest BCUT2D eigenvalue weighted by atomic mass is 16.4. The molecule has 0 aromatic carbocycles. The highest BCUT2D eigenvalue weighted by molar-refractivity contribution is 5.96. The third-order valence-corrected chi connectivity index (χ3v) is 5.74. The van der Waals surface area contributed by atoms with Crippen molar-refractivity contribution in [3.8, 4) is 0 Å². The summed E-state index contributed by atoms with van der Waals surface area (Å²) in [4.78, 5) is 62.7. The van der Waals surface area contributed by atoms with Gasteiger partial charge in [-0.2, -0.15) is 0 Å². The Morgan fingerprint density at radius 2 is 1.72 bits per heavy atom. The molecule has 0 aliphatic carbocycles. The van der Waals surface area contributed by atoms with E-state index in [0.717, 1.165) is 0 Å². The van der Waals surface area contributed by atoms with E-state index in [-0.39, 0.29) is 24.8 Å². The van der Waals surface area contributed by atoms with Gasteiger partial charge in [0.2, 0.25) is 23.6 Å². The van der Waals surface area contributed by atoms with Crippen LogP contribution in [0.2, 0.25) is 0 Å². The van der Waals surface area contributed by atoms with Crippen molar-refractivity contribution < 1.29 is 29.1 Å². The predicted octanol–water partition coefficient (Wildman–Crippen LogP) is -0.673. The normalized spacial score (nSPS) is 19.7. The van der Waals surface area contributed by atoms with E-state index in [1.807, 2.05) is 20.8 Å². The van der Waals surface area contributed by atoms with Crippen molar-refractivity contribution >= 4 is 29.6 Å². The second-order valence-corrected chi connectivity index (χ2v) is 8.86. The first kappa shape index (κ1) is 27.3. The molecule has 0 saturated carbocycles. The summed E-state index contributed by atoms with van der Waals surface area (Å²) in [6.07, 6.45) is 1.33. The summed E-state index contributed by atoms with van der Waals surface area (Å²) in [5, 5.41) is 14.4. The molecule has 0 spiro atoms. The van der Waals surface area contributed by atoms with Gasteiger partial charge in [-0.15, -0.1) is 0 Å². The minimum atomic E-state index is -1.26. The molecule has 4 amide bonds. The second kappa shape index (κ2) is 12.4. The van der Waals surface area contributed by atoms with Crippen LogP contribution in [0.15, 0.2) is 0 Å². The minimum Gasteiger partial charge on any atom is -0.480 e. The molecule has 1 aliphatic heterocycles. The number of rotatable bonds is 12. The Morgan fingerprint density at radius 3 is 2.22 bits per heavy atom. The smallest absolute Gasteiger partial charge is 0.326 e. The Bertz CT molecular complexity index is 713. The molecule has 11 heteroatoms. The summed E-state index contributed by atoms with van der Waals surface area (Å²) in [7, 11) is 0. The molecule has 5 unspecified atom stereocenters. The van der Waals surface area contributed by atoms with Crippen LogP contribution in [0.1, 0.15) is 59.8 Å². The predicted molar refractivity (Wildman–Crippen MR) is 117 cm³/mol. The lowest BCUT2D eigenvalue weighted by atomic mass is 9.98. The van der Waals surface area contributed by atoms with Crippen LogP contribution in [0.4, 0.5) is 0 Å². The zero-order valence-electron chi connectivity index (χ0n) is 19.3. The molecule has 1 rings (SSSR count). The van der Waals surface area contributed by atoms with Crippen molar-refractivity contribution in [3.63, 3.8) is 0 Å². The maximum atomic E-state index is 13.2. The Morgan fingerprint density at radius 1 is 1.09 bits per heavy atom. The fourth-order valence-corrected chi connectivity index (χ4v) is 3.65. The van der Waals surface area contributed by atoms with E-state index in [2.05, 4.69) is 10.6 Å². The van der Waals surface area contributed by atoms with E-state index in [1.165, 1.54) is 4.90 Å². The number of primary amides is 1. The lowest BCUT2D eigenvalue weighted by Crippen LogP contribution is -2.58. The van der Waals surface area contributed by atoms with Crippen molar-refractivity contribution in [2.45, 2.75) is 84.0 Å². The van der Waals surface area contributed by atoms with Crippen molar-refractivity contribution in [2.75, 3.05) is 6.54 Å². The molecule has 1 saturated heterocycles. The van der Waals surface area contributed by atoms with Gasteiger partial charge in [0.05, 0.1) is 12.5 Å². The number of aliphatic carboxylic acids is 1. The SMILES string of the molecule is CCC(C)C(N)C(=O)NC(CC(N)=O)C(=O)N1CCCC1C(=O)NC(CC(C)C)C(=O)O. The number of likely N-dealkylation sites (tertiary alicyclic amines) is 1. The van der Waals surface area contributed by atoms with Crippen LogP contribution in [0.25, 0.3) is 0 Å². The number of hydrogen-bond donors (Lipinski definition) is 5. The fourth-order valence-electron chi connectivity index (χ4n) is 3.65. The number of hydrogen-bond acceptors (Lipinski definition) is 6. The molecule has 32 heavy (non-hydrogen) atoms. The lowest BCUT2D eigenvalue weighted by molar-refractivity contribution is -0.145. The van der Waals surface area contributed by atoms with Crippen LogP contribution in [0.3, 0.4) is 0 Å². The molecule has 0 aromatic heterocycles. The molecular weight excluding hydrogens is 418 g/mol. The lowest BCUT2D eigenvalue weighted by Gasteiger charge is -2.30. The quantitative estimate of drug-likeness (QED) is 0.258. The summed E-state index contributed by atoms with van der Waals surface area (Å²) in [5.41, 5.74) is 11.2. The van der Waals surface area contributed by atoms with Gasteiger partial charge in [0.25, 0.3) is 0 Å². The second-order valence-electron chi connectivity index (χ2n) is 8.86. The molecular formula is C21H37N5O6. The molecule has 1 aliphatic rings. The summed E-state index contributed by atoms with van der Waals surface area (Å²) in [5.74, 6) is -3.82. The molecule has 5 atom stereocenters. The molecule has 0 aromatic rings. The van der Waals surface area contributed by atoms with Gasteiger partial charge in [-0.05, 0) is 31.1 Å². The van der Waals surface area contributed by atoms with Crippen molar-refractivity contribution in [1.29, 1.82) is 0 Å². The molecule has 0 bridgehead atoms. The zero-order chi connectivity index (χ0) is 24.6. The van der Waals surface area contributed by atoms with Crippen molar-refractivity contribution in [2.24, 2.45) is 23.3 Å². The Balaban J connectivity index is 2.98. The average molecular weight is 456 g/mol. The maximum absolute atomic E-state index is 13.2. The largest absolute Gasteiger partial charge is 0.480 e. The van der Waals surface area contributed by atoms with Gasteiger partial charge in [0, 0.05) is 6.54 Å².